The molecule has 7 nitrogen and oxygen atoms in total. The van der Waals surface area contributed by atoms with E-state index in [9.17, 15) is 10.1 Å². The van der Waals surface area contributed by atoms with E-state index in [2.05, 4.69) is 15.6 Å². The lowest BCUT2D eigenvalue weighted by Crippen LogP contribution is -2.21. The van der Waals surface area contributed by atoms with Crippen molar-refractivity contribution in [3.63, 3.8) is 0 Å². The van der Waals surface area contributed by atoms with Crippen molar-refractivity contribution in [2.45, 2.75) is 13.0 Å². The van der Waals surface area contributed by atoms with Gasteiger partial charge in [-0.15, -0.1) is 0 Å². The lowest BCUT2D eigenvalue weighted by molar-refractivity contribution is -0.384. The smallest absolute Gasteiger partial charge is 0.311 e. The van der Waals surface area contributed by atoms with Gasteiger partial charge in [-0.25, -0.2) is 4.98 Å². The van der Waals surface area contributed by atoms with E-state index in [1.165, 1.54) is 12.1 Å². The molecule has 0 saturated carbocycles. The summed E-state index contributed by atoms with van der Waals surface area (Å²) in [5.41, 5.74) is -0.112. The van der Waals surface area contributed by atoms with Crippen LogP contribution in [0.5, 0.6) is 0 Å². The standard InChI is InChI=1S/C9H14N4O3/c1-6(5-14)11-9-7(13(15)16)3-4-8(10-2)12-9/h3-4,6,14H,5H2,1-2H3,(H2,10,11,12). The molecule has 1 atom stereocenters. The second-order valence-electron chi connectivity index (χ2n) is 3.30. The van der Waals surface area contributed by atoms with E-state index in [-0.39, 0.29) is 24.2 Å². The highest BCUT2D eigenvalue weighted by molar-refractivity contribution is 5.60. The number of pyridine rings is 1. The van der Waals surface area contributed by atoms with Crippen LogP contribution in [0.2, 0.25) is 0 Å². The van der Waals surface area contributed by atoms with E-state index in [1.54, 1.807) is 14.0 Å². The van der Waals surface area contributed by atoms with Crippen molar-refractivity contribution < 1.29 is 10.0 Å². The molecule has 0 amide bonds. The van der Waals surface area contributed by atoms with Crippen LogP contribution in [0.15, 0.2) is 12.1 Å². The summed E-state index contributed by atoms with van der Waals surface area (Å²) >= 11 is 0. The van der Waals surface area contributed by atoms with Gasteiger partial charge in [-0.3, -0.25) is 10.1 Å². The third-order valence-electron chi connectivity index (χ3n) is 1.98. The molecule has 1 aromatic heterocycles. The number of hydrogen-bond donors (Lipinski definition) is 3. The first-order valence-electron chi connectivity index (χ1n) is 4.79. The van der Waals surface area contributed by atoms with E-state index >= 15 is 0 Å². The number of hydrogen-bond acceptors (Lipinski definition) is 6. The molecule has 0 aliphatic heterocycles. The Balaban J connectivity index is 3.05. The van der Waals surface area contributed by atoms with Gasteiger partial charge in [-0.2, -0.15) is 0 Å². The van der Waals surface area contributed by atoms with E-state index in [0.717, 1.165) is 0 Å². The molecule has 7 heteroatoms. The Morgan fingerprint density at radius 2 is 2.31 bits per heavy atom. The van der Waals surface area contributed by atoms with Crippen molar-refractivity contribution in [2.75, 3.05) is 24.3 Å². The fourth-order valence-corrected chi connectivity index (χ4v) is 1.12. The molecule has 0 bridgehead atoms. The van der Waals surface area contributed by atoms with Crippen LogP contribution in [0.1, 0.15) is 6.92 Å². The molecule has 0 fully saturated rings. The molecule has 1 aromatic rings. The second kappa shape index (κ2) is 5.26. The van der Waals surface area contributed by atoms with Crippen molar-refractivity contribution >= 4 is 17.3 Å². The largest absolute Gasteiger partial charge is 0.394 e. The molecule has 3 N–H and O–H groups in total. The Bertz CT molecular complexity index is 383. The topological polar surface area (TPSA) is 100 Å². The Hall–Kier alpha value is -1.89. The summed E-state index contributed by atoms with van der Waals surface area (Å²) in [6, 6.07) is 2.59. The van der Waals surface area contributed by atoms with Gasteiger partial charge in [-0.1, -0.05) is 0 Å². The van der Waals surface area contributed by atoms with Gasteiger partial charge in [0, 0.05) is 19.2 Å². The van der Waals surface area contributed by atoms with Crippen LogP contribution in [0, 0.1) is 10.1 Å². The molecule has 0 aliphatic carbocycles. The molecule has 88 valence electrons. The van der Waals surface area contributed by atoms with Crippen molar-refractivity contribution in [3.8, 4) is 0 Å². The predicted molar refractivity (Wildman–Crippen MR) is 60.6 cm³/mol. The summed E-state index contributed by atoms with van der Waals surface area (Å²) in [6.07, 6.45) is 0. The van der Waals surface area contributed by atoms with Crippen LogP contribution in [0.3, 0.4) is 0 Å². The highest BCUT2D eigenvalue weighted by atomic mass is 16.6. The van der Waals surface area contributed by atoms with Crippen LogP contribution in [0.25, 0.3) is 0 Å². The van der Waals surface area contributed by atoms with Gasteiger partial charge in [0.15, 0.2) is 0 Å². The zero-order valence-corrected chi connectivity index (χ0v) is 9.10. The summed E-state index contributed by atoms with van der Waals surface area (Å²) in [7, 11) is 1.67. The Kier molecular flexibility index (Phi) is 4.01. The molecule has 1 heterocycles. The molecule has 16 heavy (non-hydrogen) atoms. The maximum Gasteiger partial charge on any atom is 0.311 e. The van der Waals surface area contributed by atoms with Crippen LogP contribution < -0.4 is 10.6 Å². The third kappa shape index (κ3) is 2.80. The van der Waals surface area contributed by atoms with E-state index in [1.807, 2.05) is 0 Å². The summed E-state index contributed by atoms with van der Waals surface area (Å²) in [5.74, 6) is 0.677. The third-order valence-corrected chi connectivity index (χ3v) is 1.98. The average molecular weight is 226 g/mol. The fourth-order valence-electron chi connectivity index (χ4n) is 1.12. The predicted octanol–water partition coefficient (Wildman–Crippen LogP) is 0.824. The molecule has 0 aromatic carbocycles. The van der Waals surface area contributed by atoms with Gasteiger partial charge in [0.05, 0.1) is 11.5 Å². The zero-order chi connectivity index (χ0) is 12.1. The Morgan fingerprint density at radius 3 is 2.81 bits per heavy atom. The fraction of sp³-hybridized carbons (Fsp3) is 0.444. The van der Waals surface area contributed by atoms with Gasteiger partial charge >= 0.3 is 5.69 Å². The number of aliphatic hydroxyl groups is 1. The Morgan fingerprint density at radius 1 is 1.62 bits per heavy atom. The first-order chi connectivity index (χ1) is 7.58. The minimum atomic E-state index is -0.515. The van der Waals surface area contributed by atoms with Crippen LogP contribution in [0.4, 0.5) is 17.3 Å². The van der Waals surface area contributed by atoms with Crippen molar-refractivity contribution in [1.29, 1.82) is 0 Å². The lowest BCUT2D eigenvalue weighted by Gasteiger charge is -2.12. The molecule has 0 spiro atoms. The second-order valence-corrected chi connectivity index (χ2v) is 3.30. The number of nitrogens with zero attached hydrogens (tertiary/aromatic N) is 2. The number of aromatic nitrogens is 1. The van der Waals surface area contributed by atoms with Gasteiger partial charge in [0.25, 0.3) is 0 Å². The van der Waals surface area contributed by atoms with Crippen molar-refractivity contribution in [3.05, 3.63) is 22.2 Å². The molecular formula is C9H14N4O3. The van der Waals surface area contributed by atoms with Crippen molar-refractivity contribution in [1.82, 2.24) is 4.98 Å². The zero-order valence-electron chi connectivity index (χ0n) is 9.10. The lowest BCUT2D eigenvalue weighted by atomic mass is 10.3. The number of nitrogens with one attached hydrogen (secondary N) is 2. The first kappa shape index (κ1) is 12.2. The maximum atomic E-state index is 10.7. The van der Waals surface area contributed by atoms with E-state index in [0.29, 0.717) is 5.82 Å². The SMILES string of the molecule is CNc1ccc([N+](=O)[O-])c(NC(C)CO)n1. The summed E-state index contributed by atoms with van der Waals surface area (Å²) in [4.78, 5) is 14.2. The summed E-state index contributed by atoms with van der Waals surface area (Å²) in [6.45, 7) is 1.58. The molecule has 0 aliphatic rings. The minimum Gasteiger partial charge on any atom is -0.394 e. The molecule has 1 rings (SSSR count). The average Bonchev–Trinajstić information content (AvgIpc) is 2.28. The first-order valence-corrected chi connectivity index (χ1v) is 4.79. The van der Waals surface area contributed by atoms with Crippen LogP contribution in [-0.2, 0) is 0 Å². The summed E-state index contributed by atoms with van der Waals surface area (Å²) < 4.78 is 0. The van der Waals surface area contributed by atoms with Crippen LogP contribution in [-0.4, -0.2) is 34.7 Å². The quantitative estimate of drug-likeness (QED) is 0.507. The number of nitro groups is 1. The van der Waals surface area contributed by atoms with Gasteiger partial charge < -0.3 is 15.7 Å². The maximum absolute atomic E-state index is 10.7. The van der Waals surface area contributed by atoms with Gasteiger partial charge in [0.2, 0.25) is 5.82 Å². The molecular weight excluding hydrogens is 212 g/mol. The monoisotopic (exact) mass is 226 g/mol. The molecule has 0 radical (unpaired) electrons. The van der Waals surface area contributed by atoms with Gasteiger partial charge in [-0.05, 0) is 13.0 Å². The highest BCUT2D eigenvalue weighted by Crippen LogP contribution is 2.24. The number of anilines is 2. The Labute approximate surface area is 92.7 Å². The van der Waals surface area contributed by atoms with Crippen LogP contribution >= 0.6 is 0 Å². The molecule has 0 saturated heterocycles. The van der Waals surface area contributed by atoms with Crippen molar-refractivity contribution in [2.24, 2.45) is 0 Å². The number of aliphatic hydroxyl groups excluding tert-OH is 1. The number of rotatable bonds is 5. The highest BCUT2D eigenvalue weighted by Gasteiger charge is 2.17. The van der Waals surface area contributed by atoms with E-state index in [4.69, 9.17) is 5.11 Å². The summed E-state index contributed by atoms with van der Waals surface area (Å²) in [5, 5.41) is 25.2. The normalized spacial score (nSPS) is 11.9. The molecule has 1 unspecified atom stereocenters. The van der Waals surface area contributed by atoms with E-state index < -0.39 is 4.92 Å². The van der Waals surface area contributed by atoms with Gasteiger partial charge in [0.1, 0.15) is 5.82 Å². The minimum absolute atomic E-state index is 0.112.